The number of nitrogens with two attached hydrogens (primary N) is 1. The second-order valence-electron chi connectivity index (χ2n) is 9.07. The maximum Gasteiger partial charge on any atom is 0.239 e. The molecular formula is C26H43N5O6. The Morgan fingerprint density at radius 1 is 0.919 bits per heavy atom. The van der Waals surface area contributed by atoms with E-state index in [1.165, 1.54) is 0 Å². The number of benzene rings is 1. The van der Waals surface area contributed by atoms with Gasteiger partial charge in [0, 0.05) is 19.6 Å². The number of nitrogens with one attached hydrogen (secondary N) is 4. The van der Waals surface area contributed by atoms with Crippen molar-refractivity contribution >= 4 is 23.4 Å². The molecule has 0 heterocycles. The largest absolute Gasteiger partial charge is 0.379 e. The number of Topliss-reactive ketones (excluding diaryl/α,β-unsaturated/α-hetero) is 2. The SMILES string of the molecule is CCCOCCOCCNC(=O)CNCC(=O)C(=O)[C@H](Cc1ccccc1)NC(=O)[C@H](CC(C)C)NN. The zero-order valence-electron chi connectivity index (χ0n) is 22.2. The van der Waals surface area contributed by atoms with Gasteiger partial charge in [-0.3, -0.25) is 25.0 Å². The minimum atomic E-state index is -1.06. The molecule has 2 atom stereocenters. The van der Waals surface area contributed by atoms with Gasteiger partial charge in [0.2, 0.25) is 23.4 Å². The van der Waals surface area contributed by atoms with Crippen molar-refractivity contribution < 1.29 is 28.7 Å². The molecule has 0 aliphatic rings. The van der Waals surface area contributed by atoms with Crippen molar-refractivity contribution in [3.63, 3.8) is 0 Å². The second-order valence-corrected chi connectivity index (χ2v) is 9.07. The third-order valence-electron chi connectivity index (χ3n) is 5.28. The molecule has 11 heteroatoms. The van der Waals surface area contributed by atoms with Crippen LogP contribution in [0.1, 0.15) is 39.2 Å². The van der Waals surface area contributed by atoms with E-state index < -0.39 is 29.6 Å². The van der Waals surface area contributed by atoms with Gasteiger partial charge in [-0.25, -0.2) is 5.43 Å². The fraction of sp³-hybridized carbons (Fsp3) is 0.615. The van der Waals surface area contributed by atoms with E-state index in [1.807, 2.05) is 51.1 Å². The normalized spacial score (nSPS) is 12.7. The molecular weight excluding hydrogens is 478 g/mol. The molecule has 1 aromatic rings. The van der Waals surface area contributed by atoms with E-state index in [4.69, 9.17) is 15.3 Å². The van der Waals surface area contributed by atoms with Gasteiger partial charge in [0.15, 0.2) is 0 Å². The highest BCUT2D eigenvalue weighted by molar-refractivity contribution is 6.40. The first-order chi connectivity index (χ1) is 17.8. The zero-order chi connectivity index (χ0) is 27.5. The Morgan fingerprint density at radius 2 is 1.59 bits per heavy atom. The maximum absolute atomic E-state index is 12.9. The number of hydrogen-bond donors (Lipinski definition) is 5. The lowest BCUT2D eigenvalue weighted by Gasteiger charge is -2.22. The van der Waals surface area contributed by atoms with Crippen LogP contribution < -0.4 is 27.2 Å². The van der Waals surface area contributed by atoms with E-state index in [1.54, 1.807) is 0 Å². The van der Waals surface area contributed by atoms with Crippen molar-refractivity contribution in [2.75, 3.05) is 46.1 Å². The van der Waals surface area contributed by atoms with Crippen LogP contribution >= 0.6 is 0 Å². The first kappa shape index (κ1) is 32.3. The van der Waals surface area contributed by atoms with Gasteiger partial charge in [0.1, 0.15) is 0 Å². The summed E-state index contributed by atoms with van der Waals surface area (Å²) in [5, 5.41) is 8.03. The number of hydrogen-bond acceptors (Lipinski definition) is 9. The van der Waals surface area contributed by atoms with Crippen molar-refractivity contribution in [2.45, 2.75) is 52.1 Å². The molecule has 0 bridgehead atoms. The molecule has 37 heavy (non-hydrogen) atoms. The Hall–Kier alpha value is -2.70. The molecule has 0 saturated carbocycles. The zero-order valence-corrected chi connectivity index (χ0v) is 22.2. The predicted molar refractivity (Wildman–Crippen MR) is 140 cm³/mol. The molecule has 2 amide bonds. The van der Waals surface area contributed by atoms with Crippen LogP contribution in [0.3, 0.4) is 0 Å². The summed E-state index contributed by atoms with van der Waals surface area (Å²) in [6.07, 6.45) is 1.57. The van der Waals surface area contributed by atoms with E-state index in [0.717, 1.165) is 12.0 Å². The standard InChI is InChI=1S/C26H43N5O6/c1-4-11-36-13-14-37-12-10-29-24(33)18-28-17-23(32)25(34)21(16-20-8-6-5-7-9-20)30-26(35)22(31-27)15-19(2)3/h5-9,19,21-22,28,31H,4,10-18,27H2,1-3H3,(H,29,33)(H,30,35)/t21-,22-/m0/s1. The Morgan fingerprint density at radius 3 is 2.22 bits per heavy atom. The van der Waals surface area contributed by atoms with Gasteiger partial charge < -0.3 is 25.4 Å². The summed E-state index contributed by atoms with van der Waals surface area (Å²) in [7, 11) is 0. The predicted octanol–water partition coefficient (Wildman–Crippen LogP) is -0.121. The summed E-state index contributed by atoms with van der Waals surface area (Å²) in [6.45, 7) is 7.77. The van der Waals surface area contributed by atoms with Crippen LogP contribution in [0, 0.1) is 5.92 Å². The first-order valence-corrected chi connectivity index (χ1v) is 12.8. The molecule has 1 aromatic carbocycles. The molecule has 0 spiro atoms. The summed E-state index contributed by atoms with van der Waals surface area (Å²) < 4.78 is 10.6. The van der Waals surface area contributed by atoms with Crippen LogP contribution in [0.15, 0.2) is 30.3 Å². The Bertz CT molecular complexity index is 821. The Balaban J connectivity index is 2.53. The molecule has 208 valence electrons. The number of hydrazine groups is 1. The van der Waals surface area contributed by atoms with E-state index in [9.17, 15) is 19.2 Å². The van der Waals surface area contributed by atoms with Gasteiger partial charge in [-0.2, -0.15) is 0 Å². The molecule has 6 N–H and O–H groups in total. The summed E-state index contributed by atoms with van der Waals surface area (Å²) in [5.74, 6) is 3.47. The lowest BCUT2D eigenvalue weighted by Crippen LogP contribution is -2.54. The first-order valence-electron chi connectivity index (χ1n) is 12.8. The fourth-order valence-electron chi connectivity index (χ4n) is 3.42. The van der Waals surface area contributed by atoms with Crippen LogP contribution in [0.2, 0.25) is 0 Å². The van der Waals surface area contributed by atoms with E-state index in [2.05, 4.69) is 21.4 Å². The van der Waals surface area contributed by atoms with Crippen LogP contribution in [-0.2, 0) is 35.1 Å². The minimum absolute atomic E-state index is 0.137. The van der Waals surface area contributed by atoms with Crippen molar-refractivity contribution in [2.24, 2.45) is 11.8 Å². The quantitative estimate of drug-likeness (QED) is 0.0643. The fourth-order valence-corrected chi connectivity index (χ4v) is 3.42. The summed E-state index contributed by atoms with van der Waals surface area (Å²) in [4.78, 5) is 50.3. The number of ether oxygens (including phenoxy) is 2. The lowest BCUT2D eigenvalue weighted by atomic mass is 9.98. The minimum Gasteiger partial charge on any atom is -0.379 e. The molecule has 11 nitrogen and oxygen atoms in total. The van der Waals surface area contributed by atoms with Crippen molar-refractivity contribution in [1.29, 1.82) is 0 Å². The highest BCUT2D eigenvalue weighted by Crippen LogP contribution is 2.08. The average Bonchev–Trinajstić information content (AvgIpc) is 2.88. The molecule has 0 radical (unpaired) electrons. The molecule has 1 rings (SSSR count). The van der Waals surface area contributed by atoms with Crippen molar-refractivity contribution in [3.05, 3.63) is 35.9 Å². The number of carbonyl (C=O) groups excluding carboxylic acids is 4. The smallest absolute Gasteiger partial charge is 0.239 e. The third-order valence-corrected chi connectivity index (χ3v) is 5.28. The number of carbonyl (C=O) groups is 4. The van der Waals surface area contributed by atoms with E-state index in [0.29, 0.717) is 39.4 Å². The lowest BCUT2D eigenvalue weighted by molar-refractivity contribution is -0.138. The summed E-state index contributed by atoms with van der Waals surface area (Å²) in [5.41, 5.74) is 3.27. The van der Waals surface area contributed by atoms with E-state index >= 15 is 0 Å². The van der Waals surface area contributed by atoms with Gasteiger partial charge in [0.25, 0.3) is 0 Å². The van der Waals surface area contributed by atoms with Crippen LogP contribution in [0.5, 0.6) is 0 Å². The molecule has 0 aliphatic heterocycles. The second kappa shape index (κ2) is 19.4. The maximum atomic E-state index is 12.9. The van der Waals surface area contributed by atoms with Crippen molar-refractivity contribution in [3.8, 4) is 0 Å². The Labute approximate surface area is 219 Å². The van der Waals surface area contributed by atoms with Gasteiger partial charge in [-0.05, 0) is 24.3 Å². The summed E-state index contributed by atoms with van der Waals surface area (Å²) >= 11 is 0. The summed E-state index contributed by atoms with van der Waals surface area (Å²) in [6, 6.07) is 7.34. The number of rotatable bonds is 21. The number of ketones is 2. The van der Waals surface area contributed by atoms with Crippen molar-refractivity contribution in [1.82, 2.24) is 21.4 Å². The molecule has 0 saturated heterocycles. The van der Waals surface area contributed by atoms with Gasteiger partial charge >= 0.3 is 0 Å². The third kappa shape index (κ3) is 14.6. The molecule has 0 fully saturated rings. The average molecular weight is 522 g/mol. The highest BCUT2D eigenvalue weighted by atomic mass is 16.5. The molecule has 0 unspecified atom stereocenters. The van der Waals surface area contributed by atoms with Gasteiger partial charge in [-0.15, -0.1) is 0 Å². The topological polar surface area (TPSA) is 161 Å². The van der Waals surface area contributed by atoms with Crippen LogP contribution in [-0.4, -0.2) is 81.5 Å². The van der Waals surface area contributed by atoms with Crippen LogP contribution in [0.25, 0.3) is 0 Å². The van der Waals surface area contributed by atoms with Gasteiger partial charge in [0.05, 0.1) is 45.0 Å². The Kier molecular flexibility index (Phi) is 17.0. The monoisotopic (exact) mass is 521 g/mol. The number of amides is 2. The highest BCUT2D eigenvalue weighted by Gasteiger charge is 2.29. The van der Waals surface area contributed by atoms with Crippen LogP contribution in [0.4, 0.5) is 0 Å². The molecule has 0 aliphatic carbocycles. The molecule has 0 aromatic heterocycles. The van der Waals surface area contributed by atoms with E-state index in [-0.39, 0.29) is 31.3 Å². The van der Waals surface area contributed by atoms with Gasteiger partial charge in [-0.1, -0.05) is 51.1 Å².